The molecule has 1 aromatic carbocycles. The van der Waals surface area contributed by atoms with Crippen LogP contribution < -0.4 is 5.73 Å². The molecular formula is C13H18N4OS. The maximum atomic E-state index is 9.58. The number of aromatic nitrogens is 3. The highest BCUT2D eigenvalue weighted by atomic mass is 32.2. The molecule has 6 heteroatoms. The molecule has 0 spiro atoms. The zero-order valence-electron chi connectivity index (χ0n) is 10.9. The van der Waals surface area contributed by atoms with Gasteiger partial charge >= 0.3 is 0 Å². The lowest BCUT2D eigenvalue weighted by Crippen LogP contribution is -2.41. The minimum absolute atomic E-state index is 0.0730. The maximum absolute atomic E-state index is 9.58. The highest BCUT2D eigenvalue weighted by Gasteiger charge is 2.26. The van der Waals surface area contributed by atoms with E-state index in [1.165, 1.54) is 0 Å². The number of hydrogen-bond donors (Lipinski definition) is 2. The minimum atomic E-state index is -0.702. The Morgan fingerprint density at radius 3 is 2.68 bits per heavy atom. The van der Waals surface area contributed by atoms with E-state index in [0.29, 0.717) is 6.42 Å². The number of thioether (sulfide) groups is 1. The molecule has 1 atom stereocenters. The molecule has 1 aromatic heterocycles. The second-order valence-corrected chi connectivity index (χ2v) is 5.57. The van der Waals surface area contributed by atoms with Crippen LogP contribution in [0.25, 0.3) is 0 Å². The Kier molecular flexibility index (Phi) is 4.57. The zero-order valence-corrected chi connectivity index (χ0v) is 11.7. The summed E-state index contributed by atoms with van der Waals surface area (Å²) in [5.41, 5.74) is 6.54. The Morgan fingerprint density at radius 2 is 2.11 bits per heavy atom. The monoisotopic (exact) mass is 278 g/mol. The van der Waals surface area contributed by atoms with E-state index >= 15 is 0 Å². The molecule has 0 aliphatic heterocycles. The highest BCUT2D eigenvalue weighted by Crippen LogP contribution is 2.25. The average Bonchev–Trinajstić information content (AvgIpc) is 2.85. The second kappa shape index (κ2) is 6.18. The van der Waals surface area contributed by atoms with E-state index in [2.05, 4.69) is 10.2 Å². The van der Waals surface area contributed by atoms with Crippen molar-refractivity contribution in [3.63, 3.8) is 0 Å². The van der Waals surface area contributed by atoms with Gasteiger partial charge in [0.1, 0.15) is 6.33 Å². The standard InChI is InChI=1S/C13H18N4OS/c1-17-10-15-16-12(17)19-8-7-13(14,9-18)11-5-3-2-4-6-11/h2-6,10,18H,7-9,14H2,1H3. The third-order valence-corrected chi connectivity index (χ3v) is 4.12. The molecule has 5 nitrogen and oxygen atoms in total. The average molecular weight is 278 g/mol. The predicted octanol–water partition coefficient (Wildman–Crippen LogP) is 1.14. The molecule has 0 radical (unpaired) electrons. The minimum Gasteiger partial charge on any atom is -0.394 e. The van der Waals surface area contributed by atoms with Gasteiger partial charge in [-0.3, -0.25) is 0 Å². The van der Waals surface area contributed by atoms with Gasteiger partial charge < -0.3 is 15.4 Å². The molecule has 1 heterocycles. The third-order valence-electron chi connectivity index (χ3n) is 3.08. The van der Waals surface area contributed by atoms with Crippen molar-refractivity contribution in [1.82, 2.24) is 14.8 Å². The summed E-state index contributed by atoms with van der Waals surface area (Å²) in [6.07, 6.45) is 2.34. The molecule has 2 rings (SSSR count). The molecule has 3 N–H and O–H groups in total. The molecule has 0 aliphatic rings. The number of nitrogens with two attached hydrogens (primary N) is 1. The summed E-state index contributed by atoms with van der Waals surface area (Å²) >= 11 is 1.59. The fourth-order valence-electron chi connectivity index (χ4n) is 1.81. The molecule has 102 valence electrons. The summed E-state index contributed by atoms with van der Waals surface area (Å²) in [5, 5.41) is 18.3. The van der Waals surface area contributed by atoms with Crippen molar-refractivity contribution in [3.05, 3.63) is 42.2 Å². The van der Waals surface area contributed by atoms with Crippen molar-refractivity contribution in [2.45, 2.75) is 17.1 Å². The quantitative estimate of drug-likeness (QED) is 0.775. The van der Waals surface area contributed by atoms with E-state index < -0.39 is 5.54 Å². The number of hydrogen-bond acceptors (Lipinski definition) is 5. The van der Waals surface area contributed by atoms with Gasteiger partial charge in [-0.05, 0) is 12.0 Å². The highest BCUT2D eigenvalue weighted by molar-refractivity contribution is 7.99. The Hall–Kier alpha value is -1.37. The predicted molar refractivity (Wildman–Crippen MR) is 75.7 cm³/mol. The van der Waals surface area contributed by atoms with E-state index in [-0.39, 0.29) is 6.61 Å². The van der Waals surface area contributed by atoms with Gasteiger partial charge in [-0.1, -0.05) is 42.1 Å². The van der Waals surface area contributed by atoms with Crippen LogP contribution in [0.3, 0.4) is 0 Å². The fraction of sp³-hybridized carbons (Fsp3) is 0.385. The Labute approximate surface area is 116 Å². The third kappa shape index (κ3) is 3.34. The molecule has 0 amide bonds. The molecule has 0 fully saturated rings. The number of nitrogens with zero attached hydrogens (tertiary/aromatic N) is 3. The largest absolute Gasteiger partial charge is 0.394 e. The van der Waals surface area contributed by atoms with E-state index in [1.54, 1.807) is 18.1 Å². The van der Waals surface area contributed by atoms with E-state index in [0.717, 1.165) is 16.5 Å². The van der Waals surface area contributed by atoms with E-state index in [1.807, 2.05) is 41.9 Å². The Morgan fingerprint density at radius 1 is 1.37 bits per heavy atom. The van der Waals surface area contributed by atoms with Crippen LogP contribution in [0.1, 0.15) is 12.0 Å². The van der Waals surface area contributed by atoms with Gasteiger partial charge in [-0.15, -0.1) is 10.2 Å². The normalized spacial score (nSPS) is 14.3. The van der Waals surface area contributed by atoms with Crippen LogP contribution in [0, 0.1) is 0 Å². The summed E-state index contributed by atoms with van der Waals surface area (Å²) in [5.74, 6) is 0.776. The van der Waals surface area contributed by atoms with E-state index in [4.69, 9.17) is 5.73 Å². The molecular weight excluding hydrogens is 260 g/mol. The first kappa shape index (κ1) is 14.0. The first-order chi connectivity index (χ1) is 9.15. The van der Waals surface area contributed by atoms with Crippen molar-refractivity contribution >= 4 is 11.8 Å². The Bertz CT molecular complexity index is 516. The first-order valence-electron chi connectivity index (χ1n) is 6.08. The smallest absolute Gasteiger partial charge is 0.190 e. The second-order valence-electron chi connectivity index (χ2n) is 4.50. The maximum Gasteiger partial charge on any atom is 0.190 e. The van der Waals surface area contributed by atoms with Gasteiger partial charge in [0.25, 0.3) is 0 Å². The zero-order chi connectivity index (χ0) is 13.7. The van der Waals surface area contributed by atoms with Crippen LogP contribution in [-0.2, 0) is 12.6 Å². The van der Waals surface area contributed by atoms with Crippen molar-refractivity contribution in [2.75, 3.05) is 12.4 Å². The van der Waals surface area contributed by atoms with Gasteiger partial charge in [0.15, 0.2) is 5.16 Å². The van der Waals surface area contributed by atoms with Crippen molar-refractivity contribution in [1.29, 1.82) is 0 Å². The van der Waals surface area contributed by atoms with Crippen LogP contribution in [0.15, 0.2) is 41.8 Å². The summed E-state index contributed by atoms with van der Waals surface area (Å²) in [4.78, 5) is 0. The molecule has 19 heavy (non-hydrogen) atoms. The summed E-state index contributed by atoms with van der Waals surface area (Å²) in [6.45, 7) is -0.0730. The van der Waals surface area contributed by atoms with Crippen LogP contribution in [0.4, 0.5) is 0 Å². The molecule has 0 saturated heterocycles. The summed E-state index contributed by atoms with van der Waals surface area (Å²) in [7, 11) is 1.90. The number of aliphatic hydroxyl groups excluding tert-OH is 1. The number of aryl methyl sites for hydroxylation is 1. The van der Waals surface area contributed by atoms with Crippen LogP contribution in [0.2, 0.25) is 0 Å². The van der Waals surface area contributed by atoms with Crippen LogP contribution >= 0.6 is 11.8 Å². The summed E-state index contributed by atoms with van der Waals surface area (Å²) in [6, 6.07) is 9.70. The molecule has 0 aliphatic carbocycles. The van der Waals surface area contributed by atoms with Gasteiger partial charge in [0.05, 0.1) is 12.1 Å². The van der Waals surface area contributed by atoms with Crippen LogP contribution in [0.5, 0.6) is 0 Å². The topological polar surface area (TPSA) is 77.0 Å². The summed E-state index contributed by atoms with van der Waals surface area (Å²) < 4.78 is 1.87. The van der Waals surface area contributed by atoms with Gasteiger partial charge in [0, 0.05) is 12.8 Å². The Balaban J connectivity index is 1.98. The van der Waals surface area contributed by atoms with Crippen molar-refractivity contribution < 1.29 is 5.11 Å². The first-order valence-corrected chi connectivity index (χ1v) is 7.06. The lowest BCUT2D eigenvalue weighted by Gasteiger charge is -2.27. The lowest BCUT2D eigenvalue weighted by molar-refractivity contribution is 0.193. The number of aliphatic hydroxyl groups is 1. The SMILES string of the molecule is Cn1cnnc1SCCC(N)(CO)c1ccccc1. The van der Waals surface area contributed by atoms with Gasteiger partial charge in [-0.2, -0.15) is 0 Å². The molecule has 0 bridgehead atoms. The molecule has 0 saturated carbocycles. The van der Waals surface area contributed by atoms with Crippen molar-refractivity contribution in [3.8, 4) is 0 Å². The number of rotatable bonds is 6. The fourth-order valence-corrected chi connectivity index (χ4v) is 2.82. The van der Waals surface area contributed by atoms with Gasteiger partial charge in [-0.25, -0.2) is 0 Å². The number of benzene rings is 1. The van der Waals surface area contributed by atoms with Crippen LogP contribution in [-0.4, -0.2) is 32.2 Å². The van der Waals surface area contributed by atoms with Crippen molar-refractivity contribution in [2.24, 2.45) is 12.8 Å². The van der Waals surface area contributed by atoms with E-state index in [9.17, 15) is 5.11 Å². The molecule has 1 unspecified atom stereocenters. The lowest BCUT2D eigenvalue weighted by atomic mass is 9.89. The molecule has 2 aromatic rings. The van der Waals surface area contributed by atoms with Gasteiger partial charge in [0.2, 0.25) is 0 Å².